The summed E-state index contributed by atoms with van der Waals surface area (Å²) in [5.74, 6) is -1.18. The highest BCUT2D eigenvalue weighted by Crippen LogP contribution is 2.54. The van der Waals surface area contributed by atoms with E-state index in [0.717, 1.165) is 5.56 Å². The molecule has 0 unspecified atom stereocenters. The van der Waals surface area contributed by atoms with Gasteiger partial charge in [-0.25, -0.2) is 13.2 Å². The van der Waals surface area contributed by atoms with E-state index in [1.54, 1.807) is 49.4 Å². The van der Waals surface area contributed by atoms with Gasteiger partial charge in [0, 0.05) is 17.4 Å². The van der Waals surface area contributed by atoms with E-state index in [2.05, 4.69) is 0 Å². The molecule has 2 aromatic rings. The number of allylic oxidation sites excluding steroid dienone is 2. The van der Waals surface area contributed by atoms with Crippen molar-refractivity contribution in [2.75, 3.05) is 0 Å². The number of hydrogen-bond acceptors (Lipinski definition) is 4. The average molecular weight is 354 g/mol. The van der Waals surface area contributed by atoms with Crippen molar-refractivity contribution in [3.8, 4) is 5.75 Å². The Labute approximate surface area is 147 Å². The fourth-order valence-corrected chi connectivity index (χ4v) is 6.45. The Morgan fingerprint density at radius 2 is 1.72 bits per heavy atom. The van der Waals surface area contributed by atoms with Gasteiger partial charge in [-0.3, -0.25) is 0 Å². The minimum atomic E-state index is -3.95. The van der Waals surface area contributed by atoms with Gasteiger partial charge in [0.1, 0.15) is 5.75 Å². The Hall–Kier alpha value is -2.40. The summed E-state index contributed by atoms with van der Waals surface area (Å²) in [7, 11) is -3.95. The third-order valence-electron chi connectivity index (χ3n) is 5.30. The highest BCUT2D eigenvalue weighted by molar-refractivity contribution is 7.93. The topological polar surface area (TPSA) is 60.4 Å². The van der Waals surface area contributed by atoms with Gasteiger partial charge in [0.15, 0.2) is 14.6 Å². The lowest BCUT2D eigenvalue weighted by molar-refractivity contribution is -0.140. The lowest BCUT2D eigenvalue weighted by Gasteiger charge is -2.46. The molecule has 0 aromatic heterocycles. The van der Waals surface area contributed by atoms with Crippen molar-refractivity contribution >= 4 is 15.8 Å². The number of esters is 1. The van der Waals surface area contributed by atoms with Gasteiger partial charge in [-0.1, -0.05) is 55.5 Å². The second-order valence-corrected chi connectivity index (χ2v) is 8.70. The summed E-state index contributed by atoms with van der Waals surface area (Å²) in [5.41, 5.74) is 0.776. The molecule has 0 radical (unpaired) electrons. The van der Waals surface area contributed by atoms with E-state index in [9.17, 15) is 13.2 Å². The van der Waals surface area contributed by atoms with Crippen molar-refractivity contribution in [2.24, 2.45) is 5.92 Å². The molecule has 2 aromatic carbocycles. The van der Waals surface area contributed by atoms with Crippen LogP contribution >= 0.6 is 0 Å². The average Bonchev–Trinajstić information content (AvgIpc) is 2.62. The molecule has 0 saturated carbocycles. The molecule has 1 heterocycles. The number of sulfone groups is 1. The number of hydrogen-bond donors (Lipinski definition) is 0. The highest BCUT2D eigenvalue weighted by Gasteiger charge is 2.64. The van der Waals surface area contributed by atoms with E-state index < -0.39 is 32.4 Å². The number of para-hydroxylation sites is 1. The first-order valence-electron chi connectivity index (χ1n) is 8.27. The van der Waals surface area contributed by atoms with E-state index >= 15 is 0 Å². The third-order valence-corrected chi connectivity index (χ3v) is 7.91. The first-order chi connectivity index (χ1) is 12.0. The highest BCUT2D eigenvalue weighted by atomic mass is 32.2. The zero-order chi connectivity index (χ0) is 17.7. The Morgan fingerprint density at radius 3 is 2.48 bits per heavy atom. The molecular weight excluding hydrogens is 336 g/mol. The Bertz CT molecular complexity index is 962. The van der Waals surface area contributed by atoms with Gasteiger partial charge in [-0.15, -0.1) is 0 Å². The Morgan fingerprint density at radius 1 is 1.04 bits per heavy atom. The van der Waals surface area contributed by atoms with Crippen LogP contribution in [0.2, 0.25) is 0 Å². The van der Waals surface area contributed by atoms with Gasteiger partial charge in [0.2, 0.25) is 0 Å². The van der Waals surface area contributed by atoms with Crippen LogP contribution in [-0.4, -0.2) is 19.1 Å². The summed E-state index contributed by atoms with van der Waals surface area (Å²) >= 11 is 0. The number of carbonyl (C=O) groups excluding carboxylic acids is 1. The molecule has 0 bridgehead atoms. The molecular formula is C20H18O4S. The van der Waals surface area contributed by atoms with Gasteiger partial charge in [-0.05, 0) is 24.6 Å². The van der Waals surface area contributed by atoms with E-state index in [1.165, 1.54) is 0 Å². The number of rotatable bonds is 2. The Kier molecular flexibility index (Phi) is 3.58. The fourth-order valence-electron chi connectivity index (χ4n) is 4.12. The minimum Gasteiger partial charge on any atom is -0.425 e. The molecule has 4 rings (SSSR count). The van der Waals surface area contributed by atoms with Crippen LogP contribution in [0.25, 0.3) is 0 Å². The lowest BCUT2D eigenvalue weighted by Crippen LogP contribution is -2.60. The van der Waals surface area contributed by atoms with Crippen molar-refractivity contribution in [3.63, 3.8) is 0 Å². The molecule has 0 saturated heterocycles. The monoisotopic (exact) mass is 354 g/mol. The zero-order valence-corrected chi connectivity index (χ0v) is 14.6. The van der Waals surface area contributed by atoms with E-state index in [-0.39, 0.29) is 4.90 Å². The van der Waals surface area contributed by atoms with Gasteiger partial charge in [-0.2, -0.15) is 0 Å². The molecule has 1 aliphatic carbocycles. The Balaban J connectivity index is 2.02. The van der Waals surface area contributed by atoms with Crippen LogP contribution in [0.4, 0.5) is 0 Å². The van der Waals surface area contributed by atoms with E-state index in [4.69, 9.17) is 4.74 Å². The largest absolute Gasteiger partial charge is 0.425 e. The van der Waals surface area contributed by atoms with Crippen LogP contribution in [-0.2, 0) is 14.6 Å². The normalized spacial score (nSPS) is 28.0. The standard InChI is InChI=1S/C20H18O4S/c1-14-8-7-12-17-16-11-5-6-13-18(16)24-19(21)20(14,17)25(22,23)15-9-3-2-4-10-15/h2-11,13-14,17H,12H2,1H3/t14-,17-,20+/m0/s1. The summed E-state index contributed by atoms with van der Waals surface area (Å²) in [5, 5.41) is 0. The molecule has 0 amide bonds. The van der Waals surface area contributed by atoms with Gasteiger partial charge in [0.05, 0.1) is 4.90 Å². The summed E-state index contributed by atoms with van der Waals surface area (Å²) in [6, 6.07) is 15.4. The number of carbonyl (C=O) groups is 1. The zero-order valence-electron chi connectivity index (χ0n) is 13.8. The fraction of sp³-hybridized carbons (Fsp3) is 0.250. The van der Waals surface area contributed by atoms with Crippen LogP contribution in [0.15, 0.2) is 71.6 Å². The van der Waals surface area contributed by atoms with Gasteiger partial charge in [0.25, 0.3) is 0 Å². The molecule has 128 valence electrons. The van der Waals surface area contributed by atoms with Crippen LogP contribution < -0.4 is 4.74 Å². The number of benzene rings is 2. The van der Waals surface area contributed by atoms with Crippen LogP contribution in [0, 0.1) is 5.92 Å². The van der Waals surface area contributed by atoms with Crippen LogP contribution in [0.3, 0.4) is 0 Å². The smallest absolute Gasteiger partial charge is 0.334 e. The van der Waals surface area contributed by atoms with Gasteiger partial charge >= 0.3 is 5.97 Å². The van der Waals surface area contributed by atoms with E-state index in [1.807, 2.05) is 24.3 Å². The summed E-state index contributed by atoms with van der Waals surface area (Å²) < 4.78 is 31.2. The maximum atomic E-state index is 13.6. The van der Waals surface area contributed by atoms with Crippen molar-refractivity contribution < 1.29 is 17.9 Å². The number of fused-ring (bicyclic) bond motifs is 3. The first kappa shape index (κ1) is 16.1. The molecule has 5 heteroatoms. The molecule has 0 fully saturated rings. The van der Waals surface area contributed by atoms with Crippen LogP contribution in [0.1, 0.15) is 24.8 Å². The summed E-state index contributed by atoms with van der Waals surface area (Å²) in [6.45, 7) is 1.78. The molecule has 0 N–H and O–H groups in total. The van der Waals surface area contributed by atoms with Crippen molar-refractivity contribution in [1.29, 1.82) is 0 Å². The summed E-state index contributed by atoms with van der Waals surface area (Å²) in [6.07, 6.45) is 4.26. The molecule has 1 aliphatic heterocycles. The van der Waals surface area contributed by atoms with Gasteiger partial charge < -0.3 is 4.74 Å². The minimum absolute atomic E-state index is 0.151. The lowest BCUT2D eigenvalue weighted by atomic mass is 9.71. The predicted octanol–water partition coefficient (Wildman–Crippen LogP) is 3.50. The maximum Gasteiger partial charge on any atom is 0.334 e. The first-order valence-corrected chi connectivity index (χ1v) is 9.75. The molecule has 3 atom stereocenters. The SMILES string of the molecule is C[C@H]1C=CC[C@H]2c3ccccc3OC(=O)[C@@]12S(=O)(=O)c1ccccc1. The predicted molar refractivity (Wildman–Crippen MR) is 94.1 cm³/mol. The summed E-state index contributed by atoms with van der Waals surface area (Å²) in [4.78, 5) is 13.3. The molecule has 25 heavy (non-hydrogen) atoms. The third kappa shape index (κ3) is 2.05. The van der Waals surface area contributed by atoms with Crippen molar-refractivity contribution in [1.82, 2.24) is 0 Å². The quantitative estimate of drug-likeness (QED) is 0.470. The number of ether oxygens (including phenoxy) is 1. The molecule has 0 spiro atoms. The van der Waals surface area contributed by atoms with E-state index in [0.29, 0.717) is 12.2 Å². The van der Waals surface area contributed by atoms with Crippen molar-refractivity contribution in [2.45, 2.75) is 28.9 Å². The van der Waals surface area contributed by atoms with Crippen molar-refractivity contribution in [3.05, 3.63) is 72.3 Å². The maximum absolute atomic E-state index is 13.6. The molecule has 2 aliphatic rings. The second-order valence-electron chi connectivity index (χ2n) is 6.54. The molecule has 4 nitrogen and oxygen atoms in total. The second kappa shape index (κ2) is 5.56. The van der Waals surface area contributed by atoms with Crippen LogP contribution in [0.5, 0.6) is 5.75 Å².